The van der Waals surface area contributed by atoms with E-state index >= 15 is 0 Å². The fraction of sp³-hybridized carbons (Fsp3) is 0. The predicted molar refractivity (Wildman–Crippen MR) is 112 cm³/mol. The van der Waals surface area contributed by atoms with Crippen LogP contribution in [0.2, 0.25) is 0 Å². The highest BCUT2D eigenvalue weighted by Crippen LogP contribution is 2.25. The lowest BCUT2D eigenvalue weighted by atomic mass is 10.2. The molecule has 146 valence electrons. The van der Waals surface area contributed by atoms with E-state index in [0.717, 1.165) is 4.47 Å². The number of primary sulfonamides is 1. The highest BCUT2D eigenvalue weighted by molar-refractivity contribution is 9.10. The molecule has 0 radical (unpaired) electrons. The lowest BCUT2D eigenvalue weighted by Gasteiger charge is -2.04. The second-order valence-electron chi connectivity index (χ2n) is 5.90. The van der Waals surface area contributed by atoms with Gasteiger partial charge in [0.2, 0.25) is 10.0 Å². The van der Waals surface area contributed by atoms with E-state index in [1.54, 1.807) is 48.5 Å². The molecule has 0 aliphatic carbocycles. The maximum atomic E-state index is 12.3. The number of nitriles is 1. The Balaban J connectivity index is 1.79. The topological polar surface area (TPSA) is 126 Å². The molecule has 0 fully saturated rings. The Morgan fingerprint density at radius 2 is 1.72 bits per heavy atom. The number of amides is 1. The Morgan fingerprint density at radius 1 is 1.07 bits per heavy atom. The van der Waals surface area contributed by atoms with Gasteiger partial charge in [-0.05, 0) is 60.7 Å². The maximum Gasteiger partial charge on any atom is 0.266 e. The van der Waals surface area contributed by atoms with E-state index in [0.29, 0.717) is 22.8 Å². The van der Waals surface area contributed by atoms with E-state index in [4.69, 9.17) is 9.56 Å². The van der Waals surface area contributed by atoms with Gasteiger partial charge in [0.1, 0.15) is 23.2 Å². The zero-order chi connectivity index (χ0) is 21.0. The Morgan fingerprint density at radius 3 is 2.31 bits per heavy atom. The number of nitrogens with two attached hydrogens (primary N) is 1. The Bertz CT molecular complexity index is 1220. The predicted octanol–water partition coefficient (Wildman–Crippen LogP) is 3.90. The van der Waals surface area contributed by atoms with Crippen LogP contribution in [0.1, 0.15) is 5.76 Å². The van der Waals surface area contributed by atoms with Crippen molar-refractivity contribution in [3.8, 4) is 17.4 Å². The van der Waals surface area contributed by atoms with Gasteiger partial charge in [0.25, 0.3) is 5.91 Å². The minimum Gasteiger partial charge on any atom is -0.457 e. The monoisotopic (exact) mass is 471 g/mol. The standard InChI is InChI=1S/C20H14BrN3O4S/c21-15-3-5-16(6-4-15)24-20(25)14(12-22)11-17-7-10-19(28-17)13-1-8-18(9-2-13)29(23,26)27/h1-11H,(H,24,25)(H2,23,26,27)/b14-11-. The first-order valence-electron chi connectivity index (χ1n) is 8.18. The van der Waals surface area contributed by atoms with E-state index < -0.39 is 15.9 Å². The van der Waals surface area contributed by atoms with Gasteiger partial charge in [-0.3, -0.25) is 4.79 Å². The van der Waals surface area contributed by atoms with Gasteiger partial charge in [-0.25, -0.2) is 13.6 Å². The Hall–Kier alpha value is -3.19. The van der Waals surface area contributed by atoms with Crippen LogP contribution < -0.4 is 10.5 Å². The van der Waals surface area contributed by atoms with Gasteiger partial charge >= 0.3 is 0 Å². The van der Waals surface area contributed by atoms with Crippen LogP contribution in [0.4, 0.5) is 5.69 Å². The number of carbonyl (C=O) groups is 1. The number of benzene rings is 2. The largest absolute Gasteiger partial charge is 0.457 e. The van der Waals surface area contributed by atoms with Gasteiger partial charge in [-0.2, -0.15) is 5.26 Å². The normalized spacial score (nSPS) is 11.7. The first-order chi connectivity index (χ1) is 13.8. The number of furan rings is 1. The SMILES string of the molecule is N#C/C(=C/c1ccc(-c2ccc(S(N)(=O)=O)cc2)o1)C(=O)Nc1ccc(Br)cc1. The number of hydrogen-bond acceptors (Lipinski definition) is 5. The Kier molecular flexibility index (Phi) is 5.98. The van der Waals surface area contributed by atoms with Crippen molar-refractivity contribution in [2.45, 2.75) is 4.90 Å². The highest BCUT2D eigenvalue weighted by Gasteiger charge is 2.12. The van der Waals surface area contributed by atoms with Gasteiger partial charge < -0.3 is 9.73 Å². The molecule has 2 aromatic carbocycles. The molecular weight excluding hydrogens is 458 g/mol. The van der Waals surface area contributed by atoms with Gasteiger partial charge in [0, 0.05) is 21.8 Å². The minimum absolute atomic E-state index is 0.00990. The lowest BCUT2D eigenvalue weighted by molar-refractivity contribution is -0.112. The molecule has 1 heterocycles. The molecule has 7 nitrogen and oxygen atoms in total. The third-order valence-electron chi connectivity index (χ3n) is 3.85. The van der Waals surface area contributed by atoms with Crippen LogP contribution in [-0.2, 0) is 14.8 Å². The first-order valence-corrected chi connectivity index (χ1v) is 10.5. The van der Waals surface area contributed by atoms with E-state index in [9.17, 15) is 18.5 Å². The molecular formula is C20H14BrN3O4S. The third-order valence-corrected chi connectivity index (χ3v) is 5.31. The summed E-state index contributed by atoms with van der Waals surface area (Å²) < 4.78 is 29.2. The van der Waals surface area contributed by atoms with Gasteiger partial charge in [-0.1, -0.05) is 15.9 Å². The third kappa shape index (κ3) is 5.20. The molecule has 3 rings (SSSR count). The van der Waals surface area contributed by atoms with Crippen molar-refractivity contribution >= 4 is 43.6 Å². The number of nitrogens with one attached hydrogen (secondary N) is 1. The molecule has 0 aliphatic heterocycles. The van der Waals surface area contributed by atoms with Crippen molar-refractivity contribution < 1.29 is 17.6 Å². The number of rotatable bonds is 5. The van der Waals surface area contributed by atoms with Crippen LogP contribution in [0, 0.1) is 11.3 Å². The maximum absolute atomic E-state index is 12.3. The summed E-state index contributed by atoms with van der Waals surface area (Å²) in [6, 6.07) is 17.9. The van der Waals surface area contributed by atoms with Gasteiger partial charge in [0.05, 0.1) is 4.90 Å². The summed E-state index contributed by atoms with van der Waals surface area (Å²) in [6.07, 6.45) is 1.33. The molecule has 0 spiro atoms. The summed E-state index contributed by atoms with van der Waals surface area (Å²) in [5.74, 6) is 0.186. The number of nitrogens with zero attached hydrogens (tertiary/aromatic N) is 1. The van der Waals surface area contributed by atoms with Crippen LogP contribution in [0.3, 0.4) is 0 Å². The van der Waals surface area contributed by atoms with Crippen molar-refractivity contribution in [1.82, 2.24) is 0 Å². The van der Waals surface area contributed by atoms with E-state index in [1.807, 2.05) is 6.07 Å². The fourth-order valence-electron chi connectivity index (χ4n) is 2.42. The summed E-state index contributed by atoms with van der Waals surface area (Å²) in [4.78, 5) is 12.3. The average Bonchev–Trinajstić information content (AvgIpc) is 3.16. The number of sulfonamides is 1. The van der Waals surface area contributed by atoms with Gasteiger partial charge in [0.15, 0.2) is 0 Å². The molecule has 1 amide bonds. The molecule has 1 aromatic heterocycles. The molecule has 3 N–H and O–H groups in total. The van der Waals surface area contributed by atoms with Crippen molar-refractivity contribution in [3.63, 3.8) is 0 Å². The van der Waals surface area contributed by atoms with Crippen LogP contribution >= 0.6 is 15.9 Å². The van der Waals surface area contributed by atoms with E-state index in [-0.39, 0.29) is 10.5 Å². The van der Waals surface area contributed by atoms with Crippen molar-refractivity contribution in [2.24, 2.45) is 5.14 Å². The molecule has 0 aliphatic rings. The van der Waals surface area contributed by atoms with E-state index in [2.05, 4.69) is 21.2 Å². The second-order valence-corrected chi connectivity index (χ2v) is 8.38. The first kappa shape index (κ1) is 20.5. The number of anilines is 1. The molecule has 0 atom stereocenters. The number of halogens is 1. The minimum atomic E-state index is -3.78. The van der Waals surface area contributed by atoms with Crippen LogP contribution in [0.15, 0.2) is 80.0 Å². The van der Waals surface area contributed by atoms with Crippen LogP contribution in [0.25, 0.3) is 17.4 Å². The lowest BCUT2D eigenvalue weighted by Crippen LogP contribution is -2.13. The summed E-state index contributed by atoms with van der Waals surface area (Å²) >= 11 is 3.31. The molecule has 0 saturated heterocycles. The van der Waals surface area contributed by atoms with E-state index in [1.165, 1.54) is 18.2 Å². The highest BCUT2D eigenvalue weighted by atomic mass is 79.9. The Labute approximate surface area is 175 Å². The van der Waals surface area contributed by atoms with Crippen LogP contribution in [-0.4, -0.2) is 14.3 Å². The summed E-state index contributed by atoms with van der Waals surface area (Å²) in [5, 5.41) is 17.0. The molecule has 3 aromatic rings. The fourth-order valence-corrected chi connectivity index (χ4v) is 3.20. The molecule has 0 saturated carbocycles. The zero-order valence-electron chi connectivity index (χ0n) is 14.8. The zero-order valence-corrected chi connectivity index (χ0v) is 17.2. The number of carbonyl (C=O) groups excluding carboxylic acids is 1. The van der Waals surface area contributed by atoms with Crippen molar-refractivity contribution in [3.05, 3.63) is 76.5 Å². The smallest absolute Gasteiger partial charge is 0.266 e. The molecule has 0 unspecified atom stereocenters. The molecule has 29 heavy (non-hydrogen) atoms. The van der Waals surface area contributed by atoms with Crippen molar-refractivity contribution in [1.29, 1.82) is 5.26 Å². The van der Waals surface area contributed by atoms with Crippen molar-refractivity contribution in [2.75, 3.05) is 5.32 Å². The molecule has 0 bridgehead atoms. The summed E-state index contributed by atoms with van der Waals surface area (Å²) in [5.41, 5.74) is 1.04. The molecule has 9 heteroatoms. The average molecular weight is 472 g/mol. The number of hydrogen-bond donors (Lipinski definition) is 2. The van der Waals surface area contributed by atoms with Crippen LogP contribution in [0.5, 0.6) is 0 Å². The summed E-state index contributed by atoms with van der Waals surface area (Å²) in [7, 11) is -3.78. The van der Waals surface area contributed by atoms with Gasteiger partial charge in [-0.15, -0.1) is 0 Å². The summed E-state index contributed by atoms with van der Waals surface area (Å²) in [6.45, 7) is 0. The second kappa shape index (κ2) is 8.45. The quantitative estimate of drug-likeness (QED) is 0.430.